The van der Waals surface area contributed by atoms with Crippen molar-refractivity contribution in [3.63, 3.8) is 0 Å². The number of ether oxygens (including phenoxy) is 1. The van der Waals surface area contributed by atoms with Gasteiger partial charge in [-0.3, -0.25) is 4.72 Å². The number of nitrogens with one attached hydrogen (secondary N) is 1. The van der Waals surface area contributed by atoms with Gasteiger partial charge in [-0.2, -0.15) is 0 Å². The smallest absolute Gasteiger partial charge is 0.333 e. The maximum Gasteiger partial charge on any atom is 0.333 e. The third kappa shape index (κ3) is 2.86. The summed E-state index contributed by atoms with van der Waals surface area (Å²) >= 11 is 3.19. The number of carbonyl (C=O) groups excluding carboxylic acids is 1. The standard InChI is InChI=1S/C10H8BrNO4S/c11-7-2-1-3-9(4-7)17(14,15)12-8-5-10(13)16-6-8/h1-5,12H,6H2. The van der Waals surface area contributed by atoms with Crippen molar-refractivity contribution < 1.29 is 17.9 Å². The monoisotopic (exact) mass is 317 g/mol. The Morgan fingerprint density at radius 1 is 1.35 bits per heavy atom. The van der Waals surface area contributed by atoms with E-state index in [0.717, 1.165) is 6.08 Å². The van der Waals surface area contributed by atoms with Crippen LogP contribution < -0.4 is 4.72 Å². The summed E-state index contributed by atoms with van der Waals surface area (Å²) in [5.41, 5.74) is 0.231. The highest BCUT2D eigenvalue weighted by Gasteiger charge is 2.20. The summed E-state index contributed by atoms with van der Waals surface area (Å²) in [5.74, 6) is -0.544. The summed E-state index contributed by atoms with van der Waals surface area (Å²) in [4.78, 5) is 10.9. The third-order valence-corrected chi connectivity index (χ3v) is 3.93. The minimum absolute atomic E-state index is 0.0495. The van der Waals surface area contributed by atoms with Crippen LogP contribution in [0, 0.1) is 0 Å². The molecule has 0 unspecified atom stereocenters. The Morgan fingerprint density at radius 3 is 2.71 bits per heavy atom. The van der Waals surface area contributed by atoms with Crippen LogP contribution in [0.2, 0.25) is 0 Å². The lowest BCUT2D eigenvalue weighted by atomic mass is 10.4. The Kier molecular flexibility index (Phi) is 3.21. The molecule has 0 bridgehead atoms. The van der Waals surface area contributed by atoms with Crippen LogP contribution in [-0.2, 0) is 19.6 Å². The van der Waals surface area contributed by atoms with Crippen LogP contribution in [0.3, 0.4) is 0 Å². The number of carbonyl (C=O) groups is 1. The van der Waals surface area contributed by atoms with Gasteiger partial charge >= 0.3 is 5.97 Å². The highest BCUT2D eigenvalue weighted by Crippen LogP contribution is 2.17. The maximum absolute atomic E-state index is 11.9. The first-order chi connectivity index (χ1) is 7.97. The van der Waals surface area contributed by atoms with Crippen molar-refractivity contribution in [3.05, 3.63) is 40.5 Å². The second kappa shape index (κ2) is 4.50. The lowest BCUT2D eigenvalue weighted by Gasteiger charge is -2.07. The van der Waals surface area contributed by atoms with Crippen molar-refractivity contribution in [3.8, 4) is 0 Å². The Morgan fingerprint density at radius 2 is 2.12 bits per heavy atom. The molecular weight excluding hydrogens is 310 g/mol. The van der Waals surface area contributed by atoms with Crippen molar-refractivity contribution in [1.29, 1.82) is 0 Å². The Labute approximate surface area is 107 Å². The molecule has 90 valence electrons. The van der Waals surface area contributed by atoms with Gasteiger partial charge in [-0.05, 0) is 18.2 Å². The molecule has 0 aliphatic carbocycles. The second-order valence-corrected chi connectivity index (χ2v) is 5.94. The first-order valence-corrected chi connectivity index (χ1v) is 6.91. The van der Waals surface area contributed by atoms with E-state index in [1.165, 1.54) is 12.1 Å². The van der Waals surface area contributed by atoms with Gasteiger partial charge in [0.2, 0.25) is 0 Å². The molecular formula is C10H8BrNO4S. The Balaban J connectivity index is 2.26. The van der Waals surface area contributed by atoms with Gasteiger partial charge in [0.25, 0.3) is 10.0 Å². The summed E-state index contributed by atoms with van der Waals surface area (Å²) in [5, 5.41) is 0. The molecule has 1 aliphatic rings. The Hall–Kier alpha value is -1.34. The molecule has 7 heteroatoms. The molecule has 0 radical (unpaired) electrons. The molecule has 2 rings (SSSR count). The largest absolute Gasteiger partial charge is 0.456 e. The van der Waals surface area contributed by atoms with Crippen LogP contribution in [0.15, 0.2) is 45.4 Å². The molecule has 1 aromatic carbocycles. The fraction of sp³-hybridized carbons (Fsp3) is 0.100. The van der Waals surface area contributed by atoms with E-state index in [9.17, 15) is 13.2 Å². The van der Waals surface area contributed by atoms with Crippen LogP contribution in [0.5, 0.6) is 0 Å². The molecule has 17 heavy (non-hydrogen) atoms. The van der Waals surface area contributed by atoms with Crippen molar-refractivity contribution in [2.75, 3.05) is 6.61 Å². The van der Waals surface area contributed by atoms with Gasteiger partial charge in [0.05, 0.1) is 10.6 Å². The summed E-state index contributed by atoms with van der Waals surface area (Å²) in [6.45, 7) is -0.0495. The summed E-state index contributed by atoms with van der Waals surface area (Å²) in [6, 6.07) is 6.27. The normalized spacial score (nSPS) is 15.4. The van der Waals surface area contributed by atoms with Gasteiger partial charge in [0.1, 0.15) is 6.61 Å². The zero-order chi connectivity index (χ0) is 12.5. The molecule has 1 heterocycles. The fourth-order valence-corrected chi connectivity index (χ4v) is 2.97. The number of hydrogen-bond donors (Lipinski definition) is 1. The molecule has 0 atom stereocenters. The average molecular weight is 318 g/mol. The fourth-order valence-electron chi connectivity index (χ4n) is 1.30. The predicted molar refractivity (Wildman–Crippen MR) is 63.5 cm³/mol. The van der Waals surface area contributed by atoms with Crippen LogP contribution in [-0.4, -0.2) is 21.0 Å². The minimum Gasteiger partial charge on any atom is -0.456 e. The molecule has 0 saturated carbocycles. The van der Waals surface area contributed by atoms with Crippen LogP contribution >= 0.6 is 15.9 Å². The van der Waals surface area contributed by atoms with Gasteiger partial charge in [-0.15, -0.1) is 0 Å². The molecule has 5 nitrogen and oxygen atoms in total. The molecule has 1 aromatic rings. The number of hydrogen-bond acceptors (Lipinski definition) is 4. The topological polar surface area (TPSA) is 72.5 Å². The van der Waals surface area contributed by atoms with Crippen LogP contribution in [0.1, 0.15) is 0 Å². The molecule has 0 fully saturated rings. The molecule has 0 amide bonds. The van der Waals surface area contributed by atoms with Crippen molar-refractivity contribution in [2.45, 2.75) is 4.90 Å². The van der Waals surface area contributed by atoms with E-state index in [0.29, 0.717) is 4.47 Å². The van der Waals surface area contributed by atoms with E-state index in [1.807, 2.05) is 0 Å². The van der Waals surface area contributed by atoms with E-state index < -0.39 is 16.0 Å². The minimum atomic E-state index is -3.67. The number of sulfonamides is 1. The quantitative estimate of drug-likeness (QED) is 0.849. The number of halogens is 1. The summed E-state index contributed by atoms with van der Waals surface area (Å²) < 4.78 is 31.4. The summed E-state index contributed by atoms with van der Waals surface area (Å²) in [6.07, 6.45) is 1.12. The second-order valence-electron chi connectivity index (χ2n) is 3.34. The van der Waals surface area contributed by atoms with E-state index in [4.69, 9.17) is 0 Å². The number of rotatable bonds is 3. The first kappa shape index (κ1) is 12.1. The first-order valence-electron chi connectivity index (χ1n) is 4.63. The van der Waals surface area contributed by atoms with Gasteiger partial charge in [-0.25, -0.2) is 13.2 Å². The zero-order valence-electron chi connectivity index (χ0n) is 8.51. The molecule has 1 N–H and O–H groups in total. The SMILES string of the molecule is O=C1C=C(NS(=O)(=O)c2cccc(Br)c2)CO1. The highest BCUT2D eigenvalue weighted by molar-refractivity contribution is 9.10. The lowest BCUT2D eigenvalue weighted by molar-refractivity contribution is -0.134. The number of benzene rings is 1. The highest BCUT2D eigenvalue weighted by atomic mass is 79.9. The summed E-state index contributed by atoms with van der Waals surface area (Å²) in [7, 11) is -3.67. The molecule has 0 aromatic heterocycles. The van der Waals surface area contributed by atoms with E-state index in [-0.39, 0.29) is 17.2 Å². The molecule has 0 spiro atoms. The van der Waals surface area contributed by atoms with Gasteiger partial charge in [-0.1, -0.05) is 22.0 Å². The molecule has 0 saturated heterocycles. The van der Waals surface area contributed by atoms with Crippen molar-refractivity contribution in [1.82, 2.24) is 4.72 Å². The van der Waals surface area contributed by atoms with E-state index >= 15 is 0 Å². The number of cyclic esters (lactones) is 1. The van der Waals surface area contributed by atoms with Gasteiger partial charge in [0, 0.05) is 10.5 Å². The molecule has 1 aliphatic heterocycles. The zero-order valence-corrected chi connectivity index (χ0v) is 10.9. The van der Waals surface area contributed by atoms with Crippen molar-refractivity contribution >= 4 is 31.9 Å². The maximum atomic E-state index is 11.9. The third-order valence-electron chi connectivity index (χ3n) is 2.03. The number of esters is 1. The van der Waals surface area contributed by atoms with Gasteiger partial charge in [0.15, 0.2) is 0 Å². The average Bonchev–Trinajstić information content (AvgIpc) is 2.63. The van der Waals surface area contributed by atoms with Gasteiger partial charge < -0.3 is 4.74 Å². The van der Waals surface area contributed by atoms with Crippen molar-refractivity contribution in [2.24, 2.45) is 0 Å². The van der Waals surface area contributed by atoms with Crippen LogP contribution in [0.4, 0.5) is 0 Å². The lowest BCUT2D eigenvalue weighted by Crippen LogP contribution is -2.23. The van der Waals surface area contributed by atoms with E-state index in [1.54, 1.807) is 12.1 Å². The predicted octanol–water partition coefficient (Wildman–Crippen LogP) is 1.17. The van der Waals surface area contributed by atoms with E-state index in [2.05, 4.69) is 25.4 Å². The Bertz CT molecular complexity index is 594. The van der Waals surface area contributed by atoms with Crippen LogP contribution in [0.25, 0.3) is 0 Å².